The molecule has 0 aliphatic carbocycles. The van der Waals surface area contributed by atoms with Crippen LogP contribution in [0.25, 0.3) is 10.9 Å². The van der Waals surface area contributed by atoms with E-state index in [4.69, 9.17) is 4.74 Å². The predicted octanol–water partition coefficient (Wildman–Crippen LogP) is 1.18. The lowest BCUT2D eigenvalue weighted by Gasteiger charge is -2.11. The Bertz CT molecular complexity index is 645. The Kier molecular flexibility index (Phi) is 3.32. The Hall–Kier alpha value is -2.30. The average Bonchev–Trinajstić information content (AvgIpc) is 2.41. The van der Waals surface area contributed by atoms with Crippen LogP contribution in [0.3, 0.4) is 0 Å². The van der Waals surface area contributed by atoms with Crippen molar-refractivity contribution in [3.8, 4) is 5.75 Å². The standard InChI is InChI=1S/C13H13NO4/c1-17-11-5-3-4-9-13(11)10(15)6-7-14(9)8-12(16)18-2/h3-7H,8H2,1-2H3. The van der Waals surface area contributed by atoms with Crippen LogP contribution in [0.1, 0.15) is 0 Å². The summed E-state index contributed by atoms with van der Waals surface area (Å²) in [5.41, 5.74) is 0.510. The Morgan fingerprint density at radius 3 is 2.72 bits per heavy atom. The summed E-state index contributed by atoms with van der Waals surface area (Å²) in [6, 6.07) is 6.66. The number of hydrogen-bond acceptors (Lipinski definition) is 4. The third-order valence-corrected chi connectivity index (χ3v) is 2.71. The smallest absolute Gasteiger partial charge is 0.325 e. The fourth-order valence-corrected chi connectivity index (χ4v) is 1.84. The molecular weight excluding hydrogens is 234 g/mol. The number of methoxy groups -OCH3 is 2. The maximum atomic E-state index is 11.9. The van der Waals surface area contributed by atoms with Gasteiger partial charge in [-0.25, -0.2) is 0 Å². The number of rotatable bonds is 3. The van der Waals surface area contributed by atoms with Crippen LogP contribution >= 0.6 is 0 Å². The summed E-state index contributed by atoms with van der Waals surface area (Å²) in [7, 11) is 2.83. The Balaban J connectivity index is 2.67. The van der Waals surface area contributed by atoms with Gasteiger partial charge < -0.3 is 14.0 Å². The third kappa shape index (κ3) is 2.07. The zero-order chi connectivity index (χ0) is 13.1. The molecule has 0 spiro atoms. The van der Waals surface area contributed by atoms with E-state index in [2.05, 4.69) is 4.74 Å². The van der Waals surface area contributed by atoms with E-state index in [9.17, 15) is 9.59 Å². The van der Waals surface area contributed by atoms with E-state index < -0.39 is 0 Å². The number of benzene rings is 1. The van der Waals surface area contributed by atoms with Gasteiger partial charge in [0, 0.05) is 12.3 Å². The second-order valence-corrected chi connectivity index (χ2v) is 3.74. The molecule has 0 N–H and O–H groups in total. The topological polar surface area (TPSA) is 57.5 Å². The summed E-state index contributed by atoms with van der Waals surface area (Å²) in [6.07, 6.45) is 1.57. The van der Waals surface area contributed by atoms with Crippen molar-refractivity contribution in [3.63, 3.8) is 0 Å². The number of ether oxygens (including phenoxy) is 2. The SMILES string of the molecule is COC(=O)Cn1ccc(=O)c2c(OC)cccc21. The minimum atomic E-state index is -0.372. The Morgan fingerprint density at radius 1 is 1.28 bits per heavy atom. The molecular formula is C13H13NO4. The molecule has 0 fully saturated rings. The molecule has 5 heteroatoms. The fourth-order valence-electron chi connectivity index (χ4n) is 1.84. The lowest BCUT2D eigenvalue weighted by molar-refractivity contribution is -0.141. The second kappa shape index (κ2) is 4.91. The molecule has 0 saturated heterocycles. The molecule has 1 aromatic carbocycles. The summed E-state index contributed by atoms with van der Waals surface area (Å²) in [6.45, 7) is 0.0560. The number of hydrogen-bond donors (Lipinski definition) is 0. The van der Waals surface area contributed by atoms with Crippen molar-refractivity contribution in [3.05, 3.63) is 40.7 Å². The first-order valence-corrected chi connectivity index (χ1v) is 5.40. The van der Waals surface area contributed by atoms with E-state index >= 15 is 0 Å². The van der Waals surface area contributed by atoms with Crippen molar-refractivity contribution in [2.24, 2.45) is 0 Å². The van der Waals surface area contributed by atoms with Crippen LogP contribution in [0.5, 0.6) is 5.75 Å². The number of esters is 1. The van der Waals surface area contributed by atoms with Crippen LogP contribution in [-0.4, -0.2) is 24.8 Å². The molecule has 0 atom stereocenters. The van der Waals surface area contributed by atoms with Crippen LogP contribution in [0.2, 0.25) is 0 Å². The summed E-state index contributed by atoms with van der Waals surface area (Å²) in [5, 5.41) is 0.464. The molecule has 0 aliphatic heterocycles. The van der Waals surface area contributed by atoms with E-state index in [0.717, 1.165) is 0 Å². The summed E-state index contributed by atoms with van der Waals surface area (Å²) < 4.78 is 11.4. The highest BCUT2D eigenvalue weighted by atomic mass is 16.5. The second-order valence-electron chi connectivity index (χ2n) is 3.74. The van der Waals surface area contributed by atoms with E-state index in [1.807, 2.05) is 0 Å². The number of carbonyl (C=O) groups excluding carboxylic acids is 1. The van der Waals surface area contributed by atoms with Crippen molar-refractivity contribution in [2.45, 2.75) is 6.54 Å². The largest absolute Gasteiger partial charge is 0.496 e. The molecule has 0 unspecified atom stereocenters. The molecule has 0 bridgehead atoms. The van der Waals surface area contributed by atoms with Gasteiger partial charge in [0.25, 0.3) is 0 Å². The van der Waals surface area contributed by atoms with E-state index in [1.54, 1.807) is 29.0 Å². The minimum Gasteiger partial charge on any atom is -0.496 e. The van der Waals surface area contributed by atoms with Gasteiger partial charge in [-0.1, -0.05) is 6.07 Å². The van der Waals surface area contributed by atoms with Gasteiger partial charge in [0.05, 0.1) is 25.1 Å². The quantitative estimate of drug-likeness (QED) is 0.764. The van der Waals surface area contributed by atoms with E-state index in [1.165, 1.54) is 20.3 Å². The number of pyridine rings is 1. The molecule has 2 rings (SSSR count). The number of aromatic nitrogens is 1. The van der Waals surface area contributed by atoms with E-state index in [0.29, 0.717) is 16.7 Å². The lowest BCUT2D eigenvalue weighted by atomic mass is 10.2. The maximum Gasteiger partial charge on any atom is 0.325 e. The number of fused-ring (bicyclic) bond motifs is 1. The number of nitrogens with zero attached hydrogens (tertiary/aromatic N) is 1. The molecule has 0 amide bonds. The number of carbonyl (C=O) groups is 1. The van der Waals surface area contributed by atoms with E-state index in [-0.39, 0.29) is 17.9 Å². The Morgan fingerprint density at radius 2 is 2.06 bits per heavy atom. The fraction of sp³-hybridized carbons (Fsp3) is 0.231. The van der Waals surface area contributed by atoms with Gasteiger partial charge in [-0.15, -0.1) is 0 Å². The van der Waals surface area contributed by atoms with Crippen LogP contribution < -0.4 is 10.2 Å². The summed E-state index contributed by atoms with van der Waals surface area (Å²) in [5.74, 6) is 0.125. The zero-order valence-electron chi connectivity index (χ0n) is 10.2. The van der Waals surface area contributed by atoms with Gasteiger partial charge in [-0.2, -0.15) is 0 Å². The van der Waals surface area contributed by atoms with Crippen LogP contribution in [-0.2, 0) is 16.1 Å². The first-order chi connectivity index (χ1) is 8.67. The monoisotopic (exact) mass is 247 g/mol. The lowest BCUT2D eigenvalue weighted by Crippen LogP contribution is -2.15. The van der Waals surface area contributed by atoms with Gasteiger partial charge in [-0.3, -0.25) is 9.59 Å². The highest BCUT2D eigenvalue weighted by Crippen LogP contribution is 2.21. The first kappa shape index (κ1) is 12.2. The van der Waals surface area contributed by atoms with Crippen LogP contribution in [0, 0.1) is 0 Å². The van der Waals surface area contributed by atoms with Gasteiger partial charge in [0.1, 0.15) is 12.3 Å². The average molecular weight is 247 g/mol. The van der Waals surface area contributed by atoms with Gasteiger partial charge in [0.2, 0.25) is 0 Å². The van der Waals surface area contributed by atoms with Crippen LogP contribution in [0.4, 0.5) is 0 Å². The predicted molar refractivity (Wildman–Crippen MR) is 66.8 cm³/mol. The molecule has 2 aromatic rings. The molecule has 0 aliphatic rings. The molecule has 18 heavy (non-hydrogen) atoms. The normalized spacial score (nSPS) is 10.3. The van der Waals surface area contributed by atoms with Gasteiger partial charge in [-0.05, 0) is 12.1 Å². The minimum absolute atomic E-state index is 0.0560. The molecule has 5 nitrogen and oxygen atoms in total. The molecule has 94 valence electrons. The van der Waals surface area contributed by atoms with Crippen LogP contribution in [0.15, 0.2) is 35.3 Å². The highest BCUT2D eigenvalue weighted by molar-refractivity contribution is 5.86. The zero-order valence-corrected chi connectivity index (χ0v) is 10.2. The molecule has 0 radical (unpaired) electrons. The van der Waals surface area contributed by atoms with Crippen molar-refractivity contribution < 1.29 is 14.3 Å². The van der Waals surface area contributed by atoms with Crippen molar-refractivity contribution in [1.29, 1.82) is 0 Å². The van der Waals surface area contributed by atoms with Gasteiger partial charge in [0.15, 0.2) is 5.43 Å². The maximum absolute atomic E-state index is 11.9. The van der Waals surface area contributed by atoms with Gasteiger partial charge >= 0.3 is 5.97 Å². The highest BCUT2D eigenvalue weighted by Gasteiger charge is 2.10. The molecule has 0 saturated carbocycles. The molecule has 1 heterocycles. The summed E-state index contributed by atoms with van der Waals surface area (Å²) >= 11 is 0. The third-order valence-electron chi connectivity index (χ3n) is 2.71. The Labute approximate surface area is 104 Å². The van der Waals surface area contributed by atoms with Crippen molar-refractivity contribution in [2.75, 3.05) is 14.2 Å². The first-order valence-electron chi connectivity index (χ1n) is 5.40. The molecule has 1 aromatic heterocycles. The van der Waals surface area contributed by atoms with Crippen molar-refractivity contribution >= 4 is 16.9 Å². The van der Waals surface area contributed by atoms with Crippen molar-refractivity contribution in [1.82, 2.24) is 4.57 Å². The summed E-state index contributed by atoms with van der Waals surface area (Å²) in [4.78, 5) is 23.2.